The van der Waals surface area contributed by atoms with E-state index in [9.17, 15) is 0 Å². The molecule has 0 saturated heterocycles. The van der Waals surface area contributed by atoms with Crippen LogP contribution in [-0.4, -0.2) is 19.7 Å². The van der Waals surface area contributed by atoms with Gasteiger partial charge in [0.15, 0.2) is 0 Å². The third-order valence-corrected chi connectivity index (χ3v) is 3.18. The number of aryl methyl sites for hydroxylation is 1. The molecule has 20 heavy (non-hydrogen) atoms. The van der Waals surface area contributed by atoms with Gasteiger partial charge in [-0.2, -0.15) is 0 Å². The molecule has 0 unspecified atom stereocenters. The molecule has 2 nitrogen and oxygen atoms in total. The smallest absolute Gasteiger partial charge is 0.119 e. The summed E-state index contributed by atoms with van der Waals surface area (Å²) in [6, 6.07) is 18.7. The van der Waals surface area contributed by atoms with Crippen LogP contribution in [-0.2, 0) is 6.42 Å². The number of rotatable bonds is 8. The Morgan fingerprint density at radius 1 is 0.950 bits per heavy atom. The van der Waals surface area contributed by atoms with Crippen molar-refractivity contribution < 1.29 is 4.74 Å². The maximum absolute atomic E-state index is 5.65. The molecule has 1 N–H and O–H groups in total. The maximum atomic E-state index is 5.65. The van der Waals surface area contributed by atoms with Gasteiger partial charge < -0.3 is 10.1 Å². The summed E-state index contributed by atoms with van der Waals surface area (Å²) >= 11 is 0. The van der Waals surface area contributed by atoms with Gasteiger partial charge in [0.2, 0.25) is 0 Å². The van der Waals surface area contributed by atoms with Crippen molar-refractivity contribution >= 4 is 0 Å². The number of ether oxygens (including phenoxy) is 1. The fraction of sp³-hybridized carbons (Fsp3) is 0.333. The molecule has 0 heterocycles. The van der Waals surface area contributed by atoms with Crippen molar-refractivity contribution in [2.24, 2.45) is 0 Å². The Labute approximate surface area is 121 Å². The van der Waals surface area contributed by atoms with E-state index in [4.69, 9.17) is 4.74 Å². The van der Waals surface area contributed by atoms with Crippen molar-refractivity contribution in [1.29, 1.82) is 0 Å². The van der Waals surface area contributed by atoms with E-state index < -0.39 is 0 Å². The van der Waals surface area contributed by atoms with Gasteiger partial charge in [-0.05, 0) is 50.6 Å². The Bertz CT molecular complexity index is 496. The first kappa shape index (κ1) is 14.6. The number of para-hydroxylation sites is 1. The minimum Gasteiger partial charge on any atom is -0.494 e. The monoisotopic (exact) mass is 269 g/mol. The maximum Gasteiger partial charge on any atom is 0.119 e. The van der Waals surface area contributed by atoms with Crippen molar-refractivity contribution in [1.82, 2.24) is 5.32 Å². The lowest BCUT2D eigenvalue weighted by Gasteiger charge is -2.07. The molecule has 2 aromatic carbocycles. The van der Waals surface area contributed by atoms with Crippen molar-refractivity contribution in [2.75, 3.05) is 19.7 Å². The summed E-state index contributed by atoms with van der Waals surface area (Å²) < 4.78 is 5.65. The molecule has 0 fully saturated rings. The number of hydrogen-bond acceptors (Lipinski definition) is 2. The predicted octanol–water partition coefficient (Wildman–Crippen LogP) is 3.60. The second-order valence-electron chi connectivity index (χ2n) is 5.00. The summed E-state index contributed by atoms with van der Waals surface area (Å²) in [7, 11) is 0. The Morgan fingerprint density at radius 2 is 1.80 bits per heavy atom. The standard InChI is InChI=1S/C18H23NO/c1-16-7-5-8-17(15-16)11-13-19-12-6-14-20-18-9-3-2-4-10-18/h2-5,7-10,15,19H,6,11-14H2,1H3. The molecule has 106 valence electrons. The van der Waals surface area contributed by atoms with Crippen LogP contribution in [0.1, 0.15) is 17.5 Å². The summed E-state index contributed by atoms with van der Waals surface area (Å²) in [5.74, 6) is 0.951. The SMILES string of the molecule is Cc1cccc(CCNCCCOc2ccccc2)c1. The van der Waals surface area contributed by atoms with Gasteiger partial charge in [-0.3, -0.25) is 0 Å². The largest absolute Gasteiger partial charge is 0.494 e. The average molecular weight is 269 g/mol. The second-order valence-corrected chi connectivity index (χ2v) is 5.00. The van der Waals surface area contributed by atoms with Crippen molar-refractivity contribution in [3.63, 3.8) is 0 Å². The highest BCUT2D eigenvalue weighted by atomic mass is 16.5. The third-order valence-electron chi connectivity index (χ3n) is 3.18. The molecule has 2 rings (SSSR count). The summed E-state index contributed by atoms with van der Waals surface area (Å²) in [5.41, 5.74) is 2.73. The molecule has 0 bridgehead atoms. The number of benzene rings is 2. The first-order valence-corrected chi connectivity index (χ1v) is 7.29. The van der Waals surface area contributed by atoms with Crippen LogP contribution in [0.3, 0.4) is 0 Å². The normalized spacial score (nSPS) is 10.4. The van der Waals surface area contributed by atoms with E-state index in [-0.39, 0.29) is 0 Å². The lowest BCUT2D eigenvalue weighted by atomic mass is 10.1. The Kier molecular flexibility index (Phi) is 6.12. The minimum atomic E-state index is 0.765. The predicted molar refractivity (Wildman–Crippen MR) is 84.3 cm³/mol. The molecule has 2 aromatic rings. The van der Waals surface area contributed by atoms with Crippen molar-refractivity contribution in [3.8, 4) is 5.75 Å². The summed E-state index contributed by atoms with van der Waals surface area (Å²) in [4.78, 5) is 0. The Hall–Kier alpha value is -1.80. The van der Waals surface area contributed by atoms with E-state index in [2.05, 4.69) is 36.5 Å². The molecule has 0 aliphatic carbocycles. The average Bonchev–Trinajstić information content (AvgIpc) is 2.47. The molecule has 0 aliphatic heterocycles. The topological polar surface area (TPSA) is 21.3 Å². The minimum absolute atomic E-state index is 0.765. The van der Waals surface area contributed by atoms with Crippen LogP contribution in [0, 0.1) is 6.92 Å². The Morgan fingerprint density at radius 3 is 2.60 bits per heavy atom. The molecule has 0 amide bonds. The van der Waals surface area contributed by atoms with E-state index in [0.29, 0.717) is 0 Å². The molecular formula is C18H23NO. The zero-order chi connectivity index (χ0) is 14.0. The fourth-order valence-corrected chi connectivity index (χ4v) is 2.13. The van der Waals surface area contributed by atoms with Crippen LogP contribution >= 0.6 is 0 Å². The van der Waals surface area contributed by atoms with Gasteiger partial charge in [-0.15, -0.1) is 0 Å². The zero-order valence-electron chi connectivity index (χ0n) is 12.1. The zero-order valence-corrected chi connectivity index (χ0v) is 12.1. The van der Waals surface area contributed by atoms with Crippen molar-refractivity contribution in [3.05, 3.63) is 65.7 Å². The van der Waals surface area contributed by atoms with Gasteiger partial charge in [0.1, 0.15) is 5.75 Å². The third kappa shape index (κ3) is 5.45. The van der Waals surface area contributed by atoms with Gasteiger partial charge >= 0.3 is 0 Å². The highest BCUT2D eigenvalue weighted by molar-refractivity contribution is 5.22. The van der Waals surface area contributed by atoms with E-state index >= 15 is 0 Å². The second kappa shape index (κ2) is 8.39. The van der Waals surface area contributed by atoms with Crippen molar-refractivity contribution in [2.45, 2.75) is 19.8 Å². The van der Waals surface area contributed by atoms with Gasteiger partial charge in [-0.25, -0.2) is 0 Å². The van der Waals surface area contributed by atoms with Gasteiger partial charge in [0, 0.05) is 0 Å². The molecule has 0 atom stereocenters. The highest BCUT2D eigenvalue weighted by Gasteiger charge is 1.94. The lowest BCUT2D eigenvalue weighted by Crippen LogP contribution is -2.20. The summed E-state index contributed by atoms with van der Waals surface area (Å²) in [6.45, 7) is 4.92. The summed E-state index contributed by atoms with van der Waals surface area (Å²) in [5, 5.41) is 3.46. The van der Waals surface area contributed by atoms with Gasteiger partial charge in [-0.1, -0.05) is 48.0 Å². The molecule has 0 spiro atoms. The first-order valence-electron chi connectivity index (χ1n) is 7.29. The molecular weight excluding hydrogens is 246 g/mol. The van der Waals surface area contributed by atoms with E-state index in [1.54, 1.807) is 0 Å². The number of nitrogens with one attached hydrogen (secondary N) is 1. The molecule has 0 aromatic heterocycles. The molecule has 0 saturated carbocycles. The fourth-order valence-electron chi connectivity index (χ4n) is 2.13. The van der Waals surface area contributed by atoms with E-state index in [1.165, 1.54) is 11.1 Å². The van der Waals surface area contributed by atoms with E-state index in [0.717, 1.165) is 38.3 Å². The van der Waals surface area contributed by atoms with Crippen LogP contribution in [0.2, 0.25) is 0 Å². The van der Waals surface area contributed by atoms with E-state index in [1.807, 2.05) is 30.3 Å². The van der Waals surface area contributed by atoms with Crippen LogP contribution in [0.15, 0.2) is 54.6 Å². The number of hydrogen-bond donors (Lipinski definition) is 1. The van der Waals surface area contributed by atoms with Gasteiger partial charge in [0.05, 0.1) is 6.61 Å². The van der Waals surface area contributed by atoms with Crippen LogP contribution < -0.4 is 10.1 Å². The lowest BCUT2D eigenvalue weighted by molar-refractivity contribution is 0.308. The Balaban J connectivity index is 1.52. The first-order chi connectivity index (χ1) is 9.84. The van der Waals surface area contributed by atoms with Gasteiger partial charge in [0.25, 0.3) is 0 Å². The van der Waals surface area contributed by atoms with Crippen LogP contribution in [0.5, 0.6) is 5.75 Å². The molecule has 0 radical (unpaired) electrons. The molecule has 0 aliphatic rings. The van der Waals surface area contributed by atoms with Crippen LogP contribution in [0.4, 0.5) is 0 Å². The summed E-state index contributed by atoms with van der Waals surface area (Å²) in [6.07, 6.45) is 2.12. The van der Waals surface area contributed by atoms with Crippen LogP contribution in [0.25, 0.3) is 0 Å². The molecule has 2 heteroatoms. The quantitative estimate of drug-likeness (QED) is 0.739. The highest BCUT2D eigenvalue weighted by Crippen LogP contribution is 2.08.